The molecule has 0 fully saturated rings. The maximum absolute atomic E-state index is 10.4. The number of guanidine groups is 1. The fourth-order valence-electron chi connectivity index (χ4n) is 2.29. The molecule has 142 valence electrons. The van der Waals surface area contributed by atoms with Crippen LogP contribution in [0.1, 0.15) is 49.1 Å². The molecule has 6 nitrogen and oxygen atoms in total. The molecular formula is C19H28N4O2S. The number of nitrogens with zero attached hydrogens (tertiary/aromatic N) is 2. The van der Waals surface area contributed by atoms with Crippen LogP contribution in [0.2, 0.25) is 0 Å². The Morgan fingerprint density at radius 3 is 2.58 bits per heavy atom. The van der Waals surface area contributed by atoms with Crippen molar-refractivity contribution in [2.75, 3.05) is 20.2 Å². The van der Waals surface area contributed by atoms with Crippen LogP contribution in [0.3, 0.4) is 0 Å². The van der Waals surface area contributed by atoms with Gasteiger partial charge >= 0.3 is 0 Å². The lowest BCUT2D eigenvalue weighted by Gasteiger charge is -2.15. The van der Waals surface area contributed by atoms with Crippen LogP contribution in [0.4, 0.5) is 0 Å². The highest BCUT2D eigenvalue weighted by atomic mass is 32.1. The molecule has 1 heterocycles. The van der Waals surface area contributed by atoms with Gasteiger partial charge in [0, 0.05) is 18.5 Å². The lowest BCUT2D eigenvalue weighted by molar-refractivity contribution is 0.180. The molecule has 0 aliphatic rings. The SMILES string of the molecule is CCNC(=NCc1nc(C(C)C)cs1)NCC(O)c1ccc(OC)cc1. The Kier molecular flexibility index (Phi) is 7.87. The first-order valence-corrected chi connectivity index (χ1v) is 9.70. The maximum atomic E-state index is 10.4. The summed E-state index contributed by atoms with van der Waals surface area (Å²) in [6.45, 7) is 7.91. The molecule has 2 aromatic rings. The zero-order chi connectivity index (χ0) is 18.9. The molecule has 0 saturated carbocycles. The highest BCUT2D eigenvalue weighted by molar-refractivity contribution is 7.09. The lowest BCUT2D eigenvalue weighted by Crippen LogP contribution is -2.39. The first-order valence-electron chi connectivity index (χ1n) is 8.82. The summed E-state index contributed by atoms with van der Waals surface area (Å²) in [6.07, 6.45) is -0.628. The van der Waals surface area contributed by atoms with Crippen LogP contribution in [0.5, 0.6) is 5.75 Å². The number of aliphatic imine (C=N–C) groups is 1. The lowest BCUT2D eigenvalue weighted by atomic mass is 10.1. The molecule has 0 radical (unpaired) electrons. The van der Waals surface area contributed by atoms with Crippen molar-refractivity contribution < 1.29 is 9.84 Å². The van der Waals surface area contributed by atoms with Crippen LogP contribution in [-0.2, 0) is 6.54 Å². The van der Waals surface area contributed by atoms with Gasteiger partial charge in [0.2, 0.25) is 0 Å². The first-order chi connectivity index (χ1) is 12.5. The molecule has 1 unspecified atom stereocenters. The number of methoxy groups -OCH3 is 1. The summed E-state index contributed by atoms with van der Waals surface area (Å²) >= 11 is 1.63. The summed E-state index contributed by atoms with van der Waals surface area (Å²) in [5.74, 6) is 1.87. The third kappa shape index (κ3) is 6.00. The average Bonchev–Trinajstić information content (AvgIpc) is 3.13. The van der Waals surface area contributed by atoms with Gasteiger partial charge in [-0.05, 0) is 30.5 Å². The molecule has 3 N–H and O–H groups in total. The van der Waals surface area contributed by atoms with Crippen LogP contribution < -0.4 is 15.4 Å². The van der Waals surface area contributed by atoms with Gasteiger partial charge in [-0.15, -0.1) is 11.3 Å². The second-order valence-electron chi connectivity index (χ2n) is 6.19. The molecule has 0 spiro atoms. The Bertz CT molecular complexity index is 698. The smallest absolute Gasteiger partial charge is 0.191 e. The van der Waals surface area contributed by atoms with Crippen LogP contribution in [0.15, 0.2) is 34.6 Å². The third-order valence-corrected chi connectivity index (χ3v) is 4.69. The monoisotopic (exact) mass is 376 g/mol. The Morgan fingerprint density at radius 1 is 1.27 bits per heavy atom. The van der Waals surface area contributed by atoms with Gasteiger partial charge in [-0.25, -0.2) is 9.98 Å². The molecule has 2 rings (SSSR count). The van der Waals surface area contributed by atoms with Crippen molar-refractivity contribution in [2.24, 2.45) is 4.99 Å². The zero-order valence-electron chi connectivity index (χ0n) is 15.8. The summed E-state index contributed by atoms with van der Waals surface area (Å²) in [6, 6.07) is 7.40. The van der Waals surface area contributed by atoms with E-state index < -0.39 is 6.10 Å². The Morgan fingerprint density at radius 2 is 2.00 bits per heavy atom. The average molecular weight is 377 g/mol. The van der Waals surface area contributed by atoms with E-state index in [4.69, 9.17) is 4.74 Å². The second kappa shape index (κ2) is 10.1. The summed E-state index contributed by atoms with van der Waals surface area (Å²) < 4.78 is 5.14. The van der Waals surface area contributed by atoms with Gasteiger partial charge in [-0.1, -0.05) is 26.0 Å². The molecule has 7 heteroatoms. The molecule has 1 aromatic heterocycles. The van der Waals surface area contributed by atoms with E-state index in [9.17, 15) is 5.11 Å². The van der Waals surface area contributed by atoms with Gasteiger partial charge in [0.05, 0.1) is 25.5 Å². The van der Waals surface area contributed by atoms with Gasteiger partial charge in [-0.3, -0.25) is 0 Å². The van der Waals surface area contributed by atoms with Crippen molar-refractivity contribution >= 4 is 17.3 Å². The largest absolute Gasteiger partial charge is 0.497 e. The minimum Gasteiger partial charge on any atom is -0.497 e. The fourth-order valence-corrected chi connectivity index (χ4v) is 3.17. The third-order valence-electron chi connectivity index (χ3n) is 3.84. The van der Waals surface area contributed by atoms with Gasteiger partial charge in [0.1, 0.15) is 10.8 Å². The molecule has 0 saturated heterocycles. The van der Waals surface area contributed by atoms with E-state index >= 15 is 0 Å². The fraction of sp³-hybridized carbons (Fsp3) is 0.474. The Hall–Kier alpha value is -2.12. The first kappa shape index (κ1) is 20.2. The maximum Gasteiger partial charge on any atom is 0.191 e. The zero-order valence-corrected chi connectivity index (χ0v) is 16.6. The summed E-state index contributed by atoms with van der Waals surface area (Å²) in [4.78, 5) is 9.16. The standard InChI is InChI=1S/C19H28N4O2S/c1-5-20-19(22-11-18-23-16(12-26-18)13(2)3)21-10-17(24)14-6-8-15(25-4)9-7-14/h6-9,12-13,17,24H,5,10-11H2,1-4H3,(H2,20,21,22). The van der Waals surface area contributed by atoms with E-state index in [0.717, 1.165) is 28.6 Å². The molecule has 1 aromatic carbocycles. The van der Waals surface area contributed by atoms with Crippen molar-refractivity contribution in [1.82, 2.24) is 15.6 Å². The number of ether oxygens (including phenoxy) is 1. The normalized spacial score (nSPS) is 12.9. The van der Waals surface area contributed by atoms with Gasteiger partial charge < -0.3 is 20.5 Å². The minimum atomic E-state index is -0.628. The van der Waals surface area contributed by atoms with E-state index in [1.54, 1.807) is 18.4 Å². The number of benzene rings is 1. The van der Waals surface area contributed by atoms with E-state index in [1.807, 2.05) is 31.2 Å². The van der Waals surface area contributed by atoms with Crippen molar-refractivity contribution in [2.45, 2.75) is 39.3 Å². The second-order valence-corrected chi connectivity index (χ2v) is 7.13. The predicted octanol–water partition coefficient (Wildman–Crippen LogP) is 3.06. The Labute approximate surface area is 159 Å². The number of hydrogen-bond donors (Lipinski definition) is 3. The molecule has 0 amide bonds. The molecule has 0 aliphatic carbocycles. The van der Waals surface area contributed by atoms with Crippen molar-refractivity contribution in [3.63, 3.8) is 0 Å². The van der Waals surface area contributed by atoms with Crippen molar-refractivity contribution in [1.29, 1.82) is 0 Å². The van der Waals surface area contributed by atoms with Gasteiger partial charge in [-0.2, -0.15) is 0 Å². The number of hydrogen-bond acceptors (Lipinski definition) is 5. The molecule has 0 bridgehead atoms. The van der Waals surface area contributed by atoms with Gasteiger partial charge in [0.15, 0.2) is 5.96 Å². The number of nitrogens with one attached hydrogen (secondary N) is 2. The minimum absolute atomic E-state index is 0.368. The summed E-state index contributed by atoms with van der Waals surface area (Å²) in [7, 11) is 1.62. The van der Waals surface area contributed by atoms with Crippen LogP contribution in [0, 0.1) is 0 Å². The number of rotatable bonds is 8. The summed E-state index contributed by atoms with van der Waals surface area (Å²) in [5, 5.41) is 19.8. The quantitative estimate of drug-likeness (QED) is 0.487. The highest BCUT2D eigenvalue weighted by Gasteiger charge is 2.09. The van der Waals surface area contributed by atoms with Crippen molar-refractivity contribution in [3.8, 4) is 5.75 Å². The van der Waals surface area contributed by atoms with E-state index in [-0.39, 0.29) is 0 Å². The van der Waals surface area contributed by atoms with Crippen molar-refractivity contribution in [3.05, 3.63) is 45.9 Å². The number of aliphatic hydroxyl groups is 1. The molecular weight excluding hydrogens is 348 g/mol. The van der Waals surface area contributed by atoms with E-state index in [2.05, 4.69) is 39.8 Å². The van der Waals surface area contributed by atoms with Crippen LogP contribution in [-0.4, -0.2) is 36.2 Å². The molecule has 26 heavy (non-hydrogen) atoms. The predicted molar refractivity (Wildman–Crippen MR) is 107 cm³/mol. The number of aliphatic hydroxyl groups excluding tert-OH is 1. The number of aromatic nitrogens is 1. The van der Waals surface area contributed by atoms with Crippen LogP contribution >= 0.6 is 11.3 Å². The highest BCUT2D eigenvalue weighted by Crippen LogP contribution is 2.18. The molecule has 1 atom stereocenters. The van der Waals surface area contributed by atoms with E-state index in [1.165, 1.54) is 0 Å². The summed E-state index contributed by atoms with van der Waals surface area (Å²) in [5.41, 5.74) is 1.93. The number of thiazole rings is 1. The van der Waals surface area contributed by atoms with Gasteiger partial charge in [0.25, 0.3) is 0 Å². The van der Waals surface area contributed by atoms with E-state index in [0.29, 0.717) is 25.0 Å². The molecule has 0 aliphatic heterocycles. The topological polar surface area (TPSA) is 78.8 Å². The van der Waals surface area contributed by atoms with Crippen LogP contribution in [0.25, 0.3) is 0 Å². The Balaban J connectivity index is 1.93.